The highest BCUT2D eigenvalue weighted by molar-refractivity contribution is 7.89. The summed E-state index contributed by atoms with van der Waals surface area (Å²) in [6.45, 7) is 9.28. The monoisotopic (exact) mass is 492 g/mol. The number of carbonyl (C=O) groups is 2. The molecule has 9 nitrogen and oxygen atoms in total. The van der Waals surface area contributed by atoms with Gasteiger partial charge < -0.3 is 15.0 Å². The van der Waals surface area contributed by atoms with Gasteiger partial charge in [0.2, 0.25) is 15.9 Å². The summed E-state index contributed by atoms with van der Waals surface area (Å²) in [5.41, 5.74) is 0.224. The average Bonchev–Trinajstić information content (AvgIpc) is 3.67. The van der Waals surface area contributed by atoms with Crippen molar-refractivity contribution < 1.29 is 22.7 Å². The summed E-state index contributed by atoms with van der Waals surface area (Å²) in [5.74, 6) is 0.207. The van der Waals surface area contributed by atoms with Crippen LogP contribution in [0.15, 0.2) is 29.2 Å². The summed E-state index contributed by atoms with van der Waals surface area (Å²) in [6.07, 6.45) is 2.63. The Morgan fingerprint density at radius 1 is 1.06 bits per heavy atom. The first-order chi connectivity index (χ1) is 16.3. The second kappa shape index (κ2) is 10.7. The van der Waals surface area contributed by atoms with Gasteiger partial charge in [0.1, 0.15) is 6.04 Å². The lowest BCUT2D eigenvalue weighted by Crippen LogP contribution is -2.56. The van der Waals surface area contributed by atoms with Gasteiger partial charge in [-0.25, -0.2) is 8.42 Å². The minimum atomic E-state index is -3.71. The Labute approximate surface area is 202 Å². The third kappa shape index (κ3) is 5.97. The van der Waals surface area contributed by atoms with Crippen molar-refractivity contribution in [1.82, 2.24) is 19.4 Å². The molecule has 2 heterocycles. The van der Waals surface area contributed by atoms with Gasteiger partial charge in [0, 0.05) is 51.4 Å². The zero-order valence-corrected chi connectivity index (χ0v) is 20.9. The molecule has 34 heavy (non-hydrogen) atoms. The van der Waals surface area contributed by atoms with Crippen molar-refractivity contribution in [2.75, 3.05) is 59.0 Å². The smallest absolute Gasteiger partial charge is 0.251 e. The molecule has 1 unspecified atom stereocenters. The molecule has 1 aromatic rings. The molecule has 0 radical (unpaired) electrons. The second-order valence-corrected chi connectivity index (χ2v) is 11.7. The summed E-state index contributed by atoms with van der Waals surface area (Å²) in [7, 11) is -3.71. The van der Waals surface area contributed by atoms with E-state index in [1.807, 2.05) is 18.7 Å². The largest absolute Gasteiger partial charge is 0.379 e. The molecule has 0 bridgehead atoms. The van der Waals surface area contributed by atoms with Crippen molar-refractivity contribution >= 4 is 21.8 Å². The van der Waals surface area contributed by atoms with E-state index >= 15 is 0 Å². The first kappa shape index (κ1) is 25.1. The van der Waals surface area contributed by atoms with Gasteiger partial charge in [-0.1, -0.05) is 19.9 Å². The van der Waals surface area contributed by atoms with E-state index in [2.05, 4.69) is 10.2 Å². The van der Waals surface area contributed by atoms with Crippen LogP contribution in [0.5, 0.6) is 0 Å². The number of rotatable bonds is 8. The Morgan fingerprint density at radius 2 is 1.74 bits per heavy atom. The van der Waals surface area contributed by atoms with Gasteiger partial charge >= 0.3 is 0 Å². The van der Waals surface area contributed by atoms with Crippen LogP contribution in [0.25, 0.3) is 0 Å². The molecule has 1 aliphatic carbocycles. The molecule has 3 aliphatic rings. The zero-order valence-electron chi connectivity index (χ0n) is 20.1. The fourth-order valence-electron chi connectivity index (χ4n) is 4.49. The van der Waals surface area contributed by atoms with Crippen LogP contribution >= 0.6 is 0 Å². The molecule has 1 atom stereocenters. The number of piperazine rings is 1. The number of amides is 2. The summed E-state index contributed by atoms with van der Waals surface area (Å²) in [4.78, 5) is 30.7. The van der Waals surface area contributed by atoms with Gasteiger partial charge in [-0.2, -0.15) is 4.31 Å². The van der Waals surface area contributed by atoms with Gasteiger partial charge in [-0.05, 0) is 42.9 Å². The highest BCUT2D eigenvalue weighted by atomic mass is 32.2. The van der Waals surface area contributed by atoms with Crippen LogP contribution in [0.1, 0.15) is 37.0 Å². The van der Waals surface area contributed by atoms with Crippen LogP contribution in [-0.4, -0.2) is 99.4 Å². The SMILES string of the molecule is CC(C)C(NC(=O)c1cccc(S(=O)(=O)N2CCOCC2)c1)C(=O)N1CCN(CC2CC2)CC1. The van der Waals surface area contributed by atoms with Crippen molar-refractivity contribution in [2.45, 2.75) is 37.6 Å². The van der Waals surface area contributed by atoms with E-state index in [4.69, 9.17) is 4.74 Å². The van der Waals surface area contributed by atoms with Crippen molar-refractivity contribution in [3.8, 4) is 0 Å². The number of benzene rings is 1. The van der Waals surface area contributed by atoms with Crippen molar-refractivity contribution in [1.29, 1.82) is 0 Å². The number of morpholine rings is 1. The maximum absolute atomic E-state index is 13.3. The third-order valence-electron chi connectivity index (χ3n) is 6.82. The molecule has 10 heteroatoms. The fraction of sp³-hybridized carbons (Fsp3) is 0.667. The van der Waals surface area contributed by atoms with Crippen LogP contribution in [-0.2, 0) is 19.6 Å². The fourth-order valence-corrected chi connectivity index (χ4v) is 5.94. The Kier molecular flexibility index (Phi) is 7.91. The van der Waals surface area contributed by atoms with E-state index in [1.165, 1.54) is 29.3 Å². The molecule has 0 spiro atoms. The van der Waals surface area contributed by atoms with Crippen LogP contribution < -0.4 is 5.32 Å². The molecule has 2 aliphatic heterocycles. The molecule has 0 aromatic heterocycles. The van der Waals surface area contributed by atoms with Crippen molar-refractivity contribution in [3.63, 3.8) is 0 Å². The first-order valence-electron chi connectivity index (χ1n) is 12.3. The van der Waals surface area contributed by atoms with E-state index in [0.717, 1.165) is 25.6 Å². The Morgan fingerprint density at radius 3 is 2.35 bits per heavy atom. The predicted octanol–water partition coefficient (Wildman–Crippen LogP) is 1.02. The lowest BCUT2D eigenvalue weighted by atomic mass is 10.0. The minimum absolute atomic E-state index is 0.0706. The van der Waals surface area contributed by atoms with Gasteiger partial charge in [-0.3, -0.25) is 14.5 Å². The maximum Gasteiger partial charge on any atom is 0.251 e. The van der Waals surface area contributed by atoms with Crippen LogP contribution in [0.4, 0.5) is 0 Å². The number of hydrogen-bond acceptors (Lipinski definition) is 6. The second-order valence-electron chi connectivity index (χ2n) is 9.81. The number of nitrogens with one attached hydrogen (secondary N) is 1. The zero-order chi connectivity index (χ0) is 24.3. The van der Waals surface area contributed by atoms with E-state index in [-0.39, 0.29) is 35.4 Å². The maximum atomic E-state index is 13.3. The van der Waals surface area contributed by atoms with Gasteiger partial charge in [0.15, 0.2) is 0 Å². The van der Waals surface area contributed by atoms with Gasteiger partial charge in [0.05, 0.1) is 18.1 Å². The normalized spacial score (nSPS) is 21.4. The molecule has 2 amide bonds. The Bertz CT molecular complexity index is 981. The average molecular weight is 493 g/mol. The van der Waals surface area contributed by atoms with E-state index in [1.54, 1.807) is 12.1 Å². The number of hydrogen-bond donors (Lipinski definition) is 1. The molecular formula is C24H36N4O5S. The van der Waals surface area contributed by atoms with Crippen molar-refractivity contribution in [3.05, 3.63) is 29.8 Å². The highest BCUT2D eigenvalue weighted by Crippen LogP contribution is 2.30. The topological polar surface area (TPSA) is 99.3 Å². The minimum Gasteiger partial charge on any atom is -0.379 e. The standard InChI is InChI=1S/C24H36N4O5S/c1-18(2)22(24(30)27-10-8-26(9-11-27)17-19-6-7-19)25-23(29)20-4-3-5-21(16-20)34(31,32)28-12-14-33-15-13-28/h3-5,16,18-19,22H,6-15,17H2,1-2H3,(H,25,29). The summed E-state index contributed by atoms with van der Waals surface area (Å²) < 4.78 is 32.6. The first-order valence-corrected chi connectivity index (χ1v) is 13.7. The van der Waals surface area contributed by atoms with Crippen LogP contribution in [0.3, 0.4) is 0 Å². The Balaban J connectivity index is 1.40. The van der Waals surface area contributed by atoms with Gasteiger partial charge in [0.25, 0.3) is 5.91 Å². The predicted molar refractivity (Wildman–Crippen MR) is 128 cm³/mol. The molecule has 3 fully saturated rings. The summed E-state index contributed by atoms with van der Waals surface area (Å²) in [6, 6.07) is 5.36. The van der Waals surface area contributed by atoms with Gasteiger partial charge in [-0.15, -0.1) is 0 Å². The number of nitrogens with zero attached hydrogens (tertiary/aromatic N) is 3. The number of sulfonamides is 1. The third-order valence-corrected chi connectivity index (χ3v) is 8.72. The summed E-state index contributed by atoms with van der Waals surface area (Å²) >= 11 is 0. The van der Waals surface area contributed by atoms with Crippen molar-refractivity contribution in [2.24, 2.45) is 11.8 Å². The molecule has 188 valence electrons. The Hall–Kier alpha value is -2.01. The molecule has 4 rings (SSSR count). The van der Waals surface area contributed by atoms with Crippen LogP contribution in [0, 0.1) is 11.8 Å². The summed E-state index contributed by atoms with van der Waals surface area (Å²) in [5, 5.41) is 2.87. The molecule has 2 saturated heterocycles. The van der Waals surface area contributed by atoms with E-state index < -0.39 is 22.0 Å². The number of carbonyl (C=O) groups excluding carboxylic acids is 2. The number of ether oxygens (including phenoxy) is 1. The van der Waals surface area contributed by atoms with E-state index in [0.29, 0.717) is 26.3 Å². The van der Waals surface area contributed by atoms with E-state index in [9.17, 15) is 18.0 Å². The quantitative estimate of drug-likeness (QED) is 0.582. The van der Waals surface area contributed by atoms with Crippen LogP contribution in [0.2, 0.25) is 0 Å². The molecular weight excluding hydrogens is 456 g/mol. The highest BCUT2D eigenvalue weighted by Gasteiger charge is 2.33. The molecule has 1 N–H and O–H groups in total. The lowest BCUT2D eigenvalue weighted by Gasteiger charge is -2.37. The molecule has 1 aromatic carbocycles. The molecule has 1 saturated carbocycles. The lowest BCUT2D eigenvalue weighted by molar-refractivity contribution is -0.136.